The molecule has 7 atom stereocenters. The van der Waals surface area contributed by atoms with Gasteiger partial charge in [-0.3, -0.25) is 0 Å². The molecule has 6 nitrogen and oxygen atoms in total. The van der Waals surface area contributed by atoms with Crippen LogP contribution in [0.2, 0.25) is 15.5 Å². The van der Waals surface area contributed by atoms with Crippen LogP contribution in [0.1, 0.15) is 39.0 Å². The molecule has 0 aliphatic carbocycles. The van der Waals surface area contributed by atoms with Gasteiger partial charge in [0, 0.05) is 0 Å². The van der Waals surface area contributed by atoms with Crippen molar-refractivity contribution in [3.05, 3.63) is 35.9 Å². The second-order valence-electron chi connectivity index (χ2n) is 7.47. The van der Waals surface area contributed by atoms with E-state index >= 15 is 0 Å². The van der Waals surface area contributed by atoms with Crippen LogP contribution in [0.5, 0.6) is 0 Å². The quantitative estimate of drug-likeness (QED) is 0.509. The fourth-order valence-electron chi connectivity index (χ4n) is 4.05. The average molecular weight is 464 g/mol. The maximum absolute atomic E-state index is 11.3. The molecule has 0 aromatic heterocycles. The van der Waals surface area contributed by atoms with Crippen molar-refractivity contribution in [2.45, 2.75) is 61.1 Å². The molecule has 1 aromatic rings. The van der Waals surface area contributed by atoms with Crippen LogP contribution in [0.3, 0.4) is 0 Å². The van der Waals surface area contributed by atoms with Gasteiger partial charge in [0.1, 0.15) is 0 Å². The third-order valence-electron chi connectivity index (χ3n) is 5.61. The summed E-state index contributed by atoms with van der Waals surface area (Å²) in [6.07, 6.45) is -0.610. The Bertz CT molecular complexity index is 712. The SMILES string of the molecule is CC[C@@H]1[C@@H](C)[C@H](C)C[Se+]1C[C@@H]1OC(c2ccccc2)OC[C@H]1OS(=O)(=O)O. The van der Waals surface area contributed by atoms with Crippen LogP contribution in [0, 0.1) is 11.8 Å². The zero-order valence-electron chi connectivity index (χ0n) is 16.0. The number of hydrogen-bond donors (Lipinski definition) is 1. The first-order chi connectivity index (χ1) is 12.8. The first-order valence-corrected chi connectivity index (χ1v) is 14.2. The standard InChI is InChI=1S/C19H28O6SSe/c1-4-18-14(3)13(2)11-27(18)12-17-16(25-26(20,21)22)10-23-19(24-17)15-8-6-5-7-9-15/h5-9,13-14,16-19H,4,10-12H2,1-3H3/p+1/t13-,14+,16-,17+,18-,19?,27?/m1/s1. The summed E-state index contributed by atoms with van der Waals surface area (Å²) in [6.45, 7) is 6.94. The number of rotatable bonds is 6. The molecule has 0 spiro atoms. The average Bonchev–Trinajstić information content (AvgIpc) is 2.89. The molecular weight excluding hydrogens is 435 g/mol. The van der Waals surface area contributed by atoms with Crippen LogP contribution in [-0.4, -0.2) is 45.7 Å². The van der Waals surface area contributed by atoms with Crippen molar-refractivity contribution in [3.63, 3.8) is 0 Å². The van der Waals surface area contributed by atoms with Crippen LogP contribution < -0.4 is 0 Å². The molecule has 27 heavy (non-hydrogen) atoms. The van der Waals surface area contributed by atoms with E-state index in [0.29, 0.717) is 16.7 Å². The fourth-order valence-corrected chi connectivity index (χ4v) is 12.2. The molecule has 1 N–H and O–H groups in total. The predicted octanol–water partition coefficient (Wildman–Crippen LogP) is 3.85. The van der Waals surface area contributed by atoms with Crippen LogP contribution in [0.15, 0.2) is 30.3 Å². The summed E-state index contributed by atoms with van der Waals surface area (Å²) in [5, 5.41) is 2.04. The van der Waals surface area contributed by atoms with E-state index < -0.39 is 42.8 Å². The number of ether oxygens (including phenoxy) is 2. The molecule has 2 unspecified atom stereocenters. The Morgan fingerprint density at radius 1 is 1.26 bits per heavy atom. The molecule has 0 amide bonds. The van der Waals surface area contributed by atoms with Crippen LogP contribution in [0.25, 0.3) is 0 Å². The minimum absolute atomic E-state index is 0.0742. The summed E-state index contributed by atoms with van der Waals surface area (Å²) in [5.41, 5.74) is 0.896. The summed E-state index contributed by atoms with van der Waals surface area (Å²) in [7, 11) is -4.56. The van der Waals surface area contributed by atoms with Crippen molar-refractivity contribution in [1.29, 1.82) is 0 Å². The molecule has 8 heteroatoms. The Morgan fingerprint density at radius 2 is 1.96 bits per heavy atom. The monoisotopic (exact) mass is 465 g/mol. The van der Waals surface area contributed by atoms with E-state index in [9.17, 15) is 8.42 Å². The molecule has 2 aliphatic heterocycles. The Balaban J connectivity index is 1.77. The van der Waals surface area contributed by atoms with Crippen molar-refractivity contribution in [3.8, 4) is 0 Å². The van der Waals surface area contributed by atoms with E-state index in [1.807, 2.05) is 30.3 Å². The normalized spacial score (nSPS) is 37.4. The van der Waals surface area contributed by atoms with E-state index in [-0.39, 0.29) is 6.61 Å². The Kier molecular flexibility index (Phi) is 7.01. The minimum atomic E-state index is -4.56. The third-order valence-corrected chi connectivity index (χ3v) is 13.1. The van der Waals surface area contributed by atoms with Gasteiger partial charge in [0.15, 0.2) is 0 Å². The summed E-state index contributed by atoms with van der Waals surface area (Å²) in [4.78, 5) is 0.702. The maximum atomic E-state index is 11.3. The van der Waals surface area contributed by atoms with Gasteiger partial charge in [-0.15, -0.1) is 0 Å². The van der Waals surface area contributed by atoms with E-state index in [2.05, 4.69) is 20.8 Å². The molecule has 152 valence electrons. The van der Waals surface area contributed by atoms with Gasteiger partial charge in [0.2, 0.25) is 0 Å². The zero-order chi connectivity index (χ0) is 19.6. The van der Waals surface area contributed by atoms with Gasteiger partial charge < -0.3 is 0 Å². The number of benzene rings is 1. The van der Waals surface area contributed by atoms with Gasteiger partial charge in [-0.25, -0.2) is 0 Å². The number of hydrogen-bond acceptors (Lipinski definition) is 5. The van der Waals surface area contributed by atoms with Gasteiger partial charge in [-0.2, -0.15) is 0 Å². The van der Waals surface area contributed by atoms with Crippen LogP contribution in [-0.2, 0) is 24.1 Å². The summed E-state index contributed by atoms with van der Waals surface area (Å²) in [6, 6.07) is 9.61. The predicted molar refractivity (Wildman–Crippen MR) is 104 cm³/mol. The van der Waals surface area contributed by atoms with Gasteiger partial charge in [0.25, 0.3) is 0 Å². The van der Waals surface area contributed by atoms with Crippen molar-refractivity contribution < 1.29 is 26.6 Å². The van der Waals surface area contributed by atoms with Crippen molar-refractivity contribution in [1.82, 2.24) is 0 Å². The molecule has 2 heterocycles. The molecule has 0 bridgehead atoms. The van der Waals surface area contributed by atoms with Crippen molar-refractivity contribution in [2.75, 3.05) is 6.61 Å². The van der Waals surface area contributed by atoms with E-state index in [1.165, 1.54) is 5.32 Å². The molecule has 2 aliphatic rings. The van der Waals surface area contributed by atoms with Gasteiger partial charge in [-0.05, 0) is 0 Å². The van der Waals surface area contributed by atoms with Crippen molar-refractivity contribution >= 4 is 24.3 Å². The summed E-state index contributed by atoms with van der Waals surface area (Å²) < 4.78 is 48.5. The second kappa shape index (κ2) is 8.91. The van der Waals surface area contributed by atoms with Crippen LogP contribution in [0.4, 0.5) is 0 Å². The third kappa shape index (κ3) is 5.32. The zero-order valence-corrected chi connectivity index (χ0v) is 18.5. The van der Waals surface area contributed by atoms with E-state index in [0.717, 1.165) is 17.3 Å². The van der Waals surface area contributed by atoms with Gasteiger partial charge >= 0.3 is 166 Å². The molecule has 0 radical (unpaired) electrons. The van der Waals surface area contributed by atoms with E-state index in [1.54, 1.807) is 0 Å². The topological polar surface area (TPSA) is 82.1 Å². The molecule has 2 fully saturated rings. The molecule has 2 saturated heterocycles. The van der Waals surface area contributed by atoms with Gasteiger partial charge in [0.05, 0.1) is 0 Å². The molecule has 1 aromatic carbocycles. The summed E-state index contributed by atoms with van der Waals surface area (Å²) in [5.74, 6) is 1.37. The Hall–Kier alpha value is -0.471. The first-order valence-electron chi connectivity index (χ1n) is 9.42. The molecule has 0 saturated carbocycles. The van der Waals surface area contributed by atoms with Gasteiger partial charge in [-0.1, -0.05) is 0 Å². The Morgan fingerprint density at radius 3 is 2.59 bits per heavy atom. The van der Waals surface area contributed by atoms with Crippen molar-refractivity contribution in [2.24, 2.45) is 11.8 Å². The molecule has 3 rings (SSSR count). The Labute approximate surface area is 166 Å². The van der Waals surface area contributed by atoms with Crippen LogP contribution >= 0.6 is 0 Å². The fraction of sp³-hybridized carbons (Fsp3) is 0.684. The summed E-state index contributed by atoms with van der Waals surface area (Å²) >= 11 is -0.991. The molecular formula is C19H29O6SSe+. The first kappa shape index (κ1) is 21.2. The second-order valence-corrected chi connectivity index (χ2v) is 13.4. The van der Waals surface area contributed by atoms with E-state index in [4.69, 9.17) is 18.2 Å².